The maximum atomic E-state index is 12.9. The summed E-state index contributed by atoms with van der Waals surface area (Å²) >= 11 is 0. The van der Waals surface area contributed by atoms with Gasteiger partial charge in [-0.1, -0.05) is 17.7 Å². The maximum Gasteiger partial charge on any atom is 0.243 e. The van der Waals surface area contributed by atoms with Crippen molar-refractivity contribution in [2.24, 2.45) is 0 Å². The van der Waals surface area contributed by atoms with Crippen LogP contribution in [0.1, 0.15) is 5.56 Å². The lowest BCUT2D eigenvalue weighted by Gasteiger charge is -2.34. The SMILES string of the molecule is COc1ccc(-c2ccc(N3CCN(S(=O)(=O)c4ccc(C)cc4)CC3)nn2)cc1. The quantitative estimate of drug-likeness (QED) is 0.627. The Morgan fingerprint density at radius 2 is 1.50 bits per heavy atom. The first kappa shape index (κ1) is 20.3. The van der Waals surface area contributed by atoms with Crippen LogP contribution >= 0.6 is 0 Å². The highest BCUT2D eigenvalue weighted by atomic mass is 32.2. The van der Waals surface area contributed by atoms with Gasteiger partial charge in [0.2, 0.25) is 10.0 Å². The van der Waals surface area contributed by atoms with Crippen molar-refractivity contribution < 1.29 is 13.2 Å². The number of piperazine rings is 1. The Bertz CT molecular complexity index is 1090. The summed E-state index contributed by atoms with van der Waals surface area (Å²) in [6.07, 6.45) is 0. The van der Waals surface area contributed by atoms with Crippen LogP contribution in [0, 0.1) is 6.92 Å². The number of methoxy groups -OCH3 is 1. The second kappa shape index (κ2) is 8.41. The zero-order valence-electron chi connectivity index (χ0n) is 17.0. The molecule has 0 amide bonds. The lowest BCUT2D eigenvalue weighted by atomic mass is 10.1. The molecule has 1 aliphatic heterocycles. The van der Waals surface area contributed by atoms with Crippen LogP contribution in [0.4, 0.5) is 5.82 Å². The number of aryl methyl sites for hydroxylation is 1. The minimum Gasteiger partial charge on any atom is -0.497 e. The number of ether oxygens (including phenoxy) is 1. The van der Waals surface area contributed by atoms with E-state index in [0.717, 1.165) is 28.4 Å². The highest BCUT2D eigenvalue weighted by molar-refractivity contribution is 7.89. The molecular formula is C22H24N4O3S. The van der Waals surface area contributed by atoms with E-state index in [4.69, 9.17) is 4.74 Å². The summed E-state index contributed by atoms with van der Waals surface area (Å²) in [4.78, 5) is 2.40. The molecule has 0 unspecified atom stereocenters. The average molecular weight is 425 g/mol. The first-order valence-electron chi connectivity index (χ1n) is 9.77. The summed E-state index contributed by atoms with van der Waals surface area (Å²) in [5.41, 5.74) is 2.78. The van der Waals surface area contributed by atoms with Gasteiger partial charge in [-0.05, 0) is 55.5 Å². The number of benzene rings is 2. The van der Waals surface area contributed by atoms with Gasteiger partial charge in [-0.2, -0.15) is 4.31 Å². The van der Waals surface area contributed by atoms with Crippen molar-refractivity contribution in [3.05, 3.63) is 66.2 Å². The molecule has 2 heterocycles. The molecule has 7 nitrogen and oxygen atoms in total. The molecular weight excluding hydrogens is 400 g/mol. The molecule has 0 bridgehead atoms. The molecule has 2 aromatic carbocycles. The van der Waals surface area contributed by atoms with Gasteiger partial charge >= 0.3 is 0 Å². The third kappa shape index (κ3) is 4.15. The minimum atomic E-state index is -3.47. The Hall–Kier alpha value is -2.97. The van der Waals surface area contributed by atoms with E-state index in [-0.39, 0.29) is 0 Å². The van der Waals surface area contributed by atoms with Crippen molar-refractivity contribution in [3.63, 3.8) is 0 Å². The van der Waals surface area contributed by atoms with E-state index < -0.39 is 10.0 Å². The predicted molar refractivity (Wildman–Crippen MR) is 116 cm³/mol. The number of sulfonamides is 1. The van der Waals surface area contributed by atoms with Crippen LogP contribution < -0.4 is 9.64 Å². The van der Waals surface area contributed by atoms with Crippen molar-refractivity contribution in [2.75, 3.05) is 38.2 Å². The van der Waals surface area contributed by atoms with E-state index in [9.17, 15) is 8.42 Å². The zero-order chi connectivity index (χ0) is 21.1. The average Bonchev–Trinajstić information content (AvgIpc) is 2.80. The maximum absolute atomic E-state index is 12.9. The summed E-state index contributed by atoms with van der Waals surface area (Å²) in [7, 11) is -1.84. The van der Waals surface area contributed by atoms with Gasteiger partial charge in [0.05, 0.1) is 17.7 Å². The van der Waals surface area contributed by atoms with E-state index in [1.807, 2.05) is 55.5 Å². The molecule has 156 valence electrons. The van der Waals surface area contributed by atoms with Gasteiger partial charge in [-0.25, -0.2) is 8.42 Å². The largest absolute Gasteiger partial charge is 0.497 e. The summed E-state index contributed by atoms with van der Waals surface area (Å²) in [5, 5.41) is 8.69. The van der Waals surface area contributed by atoms with Crippen molar-refractivity contribution in [3.8, 4) is 17.0 Å². The van der Waals surface area contributed by atoms with Crippen molar-refractivity contribution in [1.82, 2.24) is 14.5 Å². The molecule has 0 spiro atoms. The number of rotatable bonds is 5. The topological polar surface area (TPSA) is 75.6 Å². The molecule has 30 heavy (non-hydrogen) atoms. The molecule has 4 rings (SSSR count). The van der Waals surface area contributed by atoms with Crippen LogP contribution in [0.15, 0.2) is 65.6 Å². The Labute approximate surface area is 177 Å². The molecule has 0 aliphatic carbocycles. The van der Waals surface area contributed by atoms with Crippen molar-refractivity contribution in [1.29, 1.82) is 0 Å². The van der Waals surface area contributed by atoms with E-state index >= 15 is 0 Å². The van der Waals surface area contributed by atoms with E-state index in [0.29, 0.717) is 31.1 Å². The predicted octanol–water partition coefficient (Wildman–Crippen LogP) is 2.97. The molecule has 3 aromatic rings. The first-order chi connectivity index (χ1) is 14.5. The molecule has 8 heteroatoms. The molecule has 0 atom stereocenters. The summed E-state index contributed by atoms with van der Waals surface area (Å²) < 4.78 is 32.4. The van der Waals surface area contributed by atoms with Gasteiger partial charge < -0.3 is 9.64 Å². The Kier molecular flexibility index (Phi) is 5.69. The van der Waals surface area contributed by atoms with Gasteiger partial charge in [0.1, 0.15) is 5.75 Å². The van der Waals surface area contributed by atoms with Gasteiger partial charge in [0.25, 0.3) is 0 Å². The number of aromatic nitrogens is 2. The summed E-state index contributed by atoms with van der Waals surface area (Å²) in [6, 6.07) is 18.5. The number of hydrogen-bond donors (Lipinski definition) is 0. The molecule has 1 aromatic heterocycles. The Balaban J connectivity index is 1.42. The van der Waals surface area contributed by atoms with Gasteiger partial charge in [0.15, 0.2) is 5.82 Å². The lowest BCUT2D eigenvalue weighted by molar-refractivity contribution is 0.383. The Morgan fingerprint density at radius 3 is 2.07 bits per heavy atom. The van der Waals surface area contributed by atoms with Crippen LogP contribution in [0.5, 0.6) is 5.75 Å². The third-order valence-electron chi connectivity index (χ3n) is 5.26. The monoisotopic (exact) mass is 424 g/mol. The first-order valence-corrected chi connectivity index (χ1v) is 11.2. The van der Waals surface area contributed by atoms with Crippen LogP contribution in [0.3, 0.4) is 0 Å². The fraction of sp³-hybridized carbons (Fsp3) is 0.273. The van der Waals surface area contributed by atoms with Crippen LogP contribution in [-0.2, 0) is 10.0 Å². The normalized spacial score (nSPS) is 15.2. The van der Waals surface area contributed by atoms with Gasteiger partial charge in [-0.3, -0.25) is 0 Å². The van der Waals surface area contributed by atoms with Gasteiger partial charge in [-0.15, -0.1) is 10.2 Å². The van der Waals surface area contributed by atoms with Crippen LogP contribution in [-0.4, -0.2) is 56.2 Å². The van der Waals surface area contributed by atoms with E-state index in [1.54, 1.807) is 19.2 Å². The second-order valence-corrected chi connectivity index (χ2v) is 9.15. The molecule has 1 aliphatic rings. The number of hydrogen-bond acceptors (Lipinski definition) is 6. The minimum absolute atomic E-state index is 0.338. The molecule has 0 saturated carbocycles. The van der Waals surface area contributed by atoms with Crippen molar-refractivity contribution in [2.45, 2.75) is 11.8 Å². The molecule has 0 radical (unpaired) electrons. The summed E-state index contributed by atoms with van der Waals surface area (Å²) in [6.45, 7) is 3.91. The second-order valence-electron chi connectivity index (χ2n) is 7.21. The van der Waals surface area contributed by atoms with E-state index in [2.05, 4.69) is 15.1 Å². The summed E-state index contributed by atoms with van der Waals surface area (Å²) in [5.74, 6) is 1.54. The van der Waals surface area contributed by atoms with Gasteiger partial charge in [0, 0.05) is 31.7 Å². The fourth-order valence-electron chi connectivity index (χ4n) is 3.43. The highest BCUT2D eigenvalue weighted by Gasteiger charge is 2.28. The lowest BCUT2D eigenvalue weighted by Crippen LogP contribution is -2.49. The third-order valence-corrected chi connectivity index (χ3v) is 7.17. The van der Waals surface area contributed by atoms with E-state index in [1.165, 1.54) is 4.31 Å². The standard InChI is InChI=1S/C22H24N4O3S/c1-17-3-9-20(10-4-17)30(27,28)26-15-13-25(14-16-26)22-12-11-21(23-24-22)18-5-7-19(29-2)8-6-18/h3-12H,13-16H2,1-2H3. The van der Waals surface area contributed by atoms with Crippen LogP contribution in [0.2, 0.25) is 0 Å². The number of anilines is 1. The molecule has 1 fully saturated rings. The highest BCUT2D eigenvalue weighted by Crippen LogP contribution is 2.23. The zero-order valence-corrected chi connectivity index (χ0v) is 17.8. The molecule has 0 N–H and O–H groups in total. The molecule has 1 saturated heterocycles. The number of nitrogens with zero attached hydrogens (tertiary/aromatic N) is 4. The fourth-order valence-corrected chi connectivity index (χ4v) is 4.85. The van der Waals surface area contributed by atoms with Crippen LogP contribution in [0.25, 0.3) is 11.3 Å². The van der Waals surface area contributed by atoms with Crippen molar-refractivity contribution >= 4 is 15.8 Å². The smallest absolute Gasteiger partial charge is 0.243 e. The Morgan fingerprint density at radius 1 is 0.833 bits per heavy atom.